The molecule has 0 radical (unpaired) electrons. The first-order valence-electron chi connectivity index (χ1n) is 7.75. The number of aryl methyl sites for hydroxylation is 2. The van der Waals surface area contributed by atoms with Gasteiger partial charge in [0.1, 0.15) is 0 Å². The molecular weight excluding hydrogens is 314 g/mol. The van der Waals surface area contributed by atoms with E-state index in [0.717, 1.165) is 11.4 Å². The monoisotopic (exact) mass is 333 g/mol. The largest absolute Gasteiger partial charge is 0.481 e. The van der Waals surface area contributed by atoms with E-state index >= 15 is 0 Å². The van der Waals surface area contributed by atoms with E-state index < -0.39 is 5.97 Å². The topological polar surface area (TPSA) is 124 Å². The number of nitrogens with one attached hydrogen (secondary N) is 2. The number of rotatable bonds is 5. The van der Waals surface area contributed by atoms with Crippen LogP contribution >= 0.6 is 0 Å². The first kappa shape index (κ1) is 16.0. The van der Waals surface area contributed by atoms with E-state index in [1.54, 1.807) is 11.8 Å². The van der Waals surface area contributed by atoms with Crippen LogP contribution in [0.1, 0.15) is 29.1 Å². The van der Waals surface area contributed by atoms with Crippen molar-refractivity contribution in [1.82, 2.24) is 24.9 Å². The number of aliphatic carboxylic acids is 1. The summed E-state index contributed by atoms with van der Waals surface area (Å²) in [6.07, 6.45) is 0.473. The lowest BCUT2D eigenvalue weighted by atomic mass is 10.1. The molecule has 0 aromatic carbocycles. The van der Waals surface area contributed by atoms with E-state index in [-0.39, 0.29) is 24.3 Å². The van der Waals surface area contributed by atoms with Crippen LogP contribution in [0.5, 0.6) is 0 Å². The SMILES string of the molecule is Cc1[nH][nH]c(=O)c1CC(=O)N1CCn2nc(CCC(=O)O)cc2C1. The van der Waals surface area contributed by atoms with Gasteiger partial charge in [-0.25, -0.2) is 0 Å². The fourth-order valence-electron chi connectivity index (χ4n) is 2.84. The number of aromatic amines is 2. The molecule has 0 aliphatic carbocycles. The first-order valence-corrected chi connectivity index (χ1v) is 7.75. The zero-order valence-electron chi connectivity index (χ0n) is 13.3. The highest BCUT2D eigenvalue weighted by Crippen LogP contribution is 2.16. The average molecular weight is 333 g/mol. The second-order valence-electron chi connectivity index (χ2n) is 5.92. The van der Waals surface area contributed by atoms with Gasteiger partial charge < -0.3 is 15.1 Å². The quantitative estimate of drug-likeness (QED) is 0.699. The minimum Gasteiger partial charge on any atom is -0.481 e. The molecule has 0 unspecified atom stereocenters. The average Bonchev–Trinajstić information content (AvgIpc) is 3.09. The molecule has 3 N–H and O–H groups in total. The molecule has 2 aromatic heterocycles. The van der Waals surface area contributed by atoms with Gasteiger partial charge in [0.05, 0.1) is 37.3 Å². The van der Waals surface area contributed by atoms with Gasteiger partial charge in [0.25, 0.3) is 5.56 Å². The van der Waals surface area contributed by atoms with Crippen LogP contribution in [-0.2, 0) is 35.5 Å². The van der Waals surface area contributed by atoms with Gasteiger partial charge in [0.2, 0.25) is 5.91 Å². The Hall–Kier alpha value is -2.84. The summed E-state index contributed by atoms with van der Waals surface area (Å²) in [6, 6.07) is 1.84. The van der Waals surface area contributed by atoms with E-state index in [1.165, 1.54) is 0 Å². The number of carboxylic acid groups (broad SMARTS) is 1. The fraction of sp³-hybridized carbons (Fsp3) is 0.467. The predicted octanol–water partition coefficient (Wildman–Crippen LogP) is -0.190. The maximum Gasteiger partial charge on any atom is 0.303 e. The van der Waals surface area contributed by atoms with E-state index in [9.17, 15) is 14.4 Å². The van der Waals surface area contributed by atoms with Crippen LogP contribution in [0.25, 0.3) is 0 Å². The Bertz CT molecular complexity index is 831. The molecule has 128 valence electrons. The molecule has 0 saturated carbocycles. The van der Waals surface area contributed by atoms with Crippen molar-refractivity contribution in [2.24, 2.45) is 0 Å². The van der Waals surface area contributed by atoms with Gasteiger partial charge in [-0.3, -0.25) is 24.2 Å². The third-order valence-electron chi connectivity index (χ3n) is 4.21. The molecule has 0 saturated heterocycles. The molecule has 1 aliphatic heterocycles. The van der Waals surface area contributed by atoms with Crippen molar-refractivity contribution in [3.8, 4) is 0 Å². The molecule has 1 aliphatic rings. The maximum absolute atomic E-state index is 12.5. The van der Waals surface area contributed by atoms with Crippen molar-refractivity contribution in [2.45, 2.75) is 39.3 Å². The molecular formula is C15H19N5O4. The van der Waals surface area contributed by atoms with Crippen LogP contribution < -0.4 is 5.56 Å². The highest BCUT2D eigenvalue weighted by molar-refractivity contribution is 5.79. The van der Waals surface area contributed by atoms with E-state index in [2.05, 4.69) is 15.3 Å². The molecule has 3 rings (SSSR count). The van der Waals surface area contributed by atoms with Gasteiger partial charge in [-0.15, -0.1) is 0 Å². The summed E-state index contributed by atoms with van der Waals surface area (Å²) in [5.41, 5.74) is 2.47. The number of hydrogen-bond donors (Lipinski definition) is 3. The number of fused-ring (bicyclic) bond motifs is 1. The van der Waals surface area contributed by atoms with Crippen LogP contribution in [0.3, 0.4) is 0 Å². The number of nitrogens with zero attached hydrogens (tertiary/aromatic N) is 3. The number of carboxylic acids is 1. The zero-order valence-corrected chi connectivity index (χ0v) is 13.3. The molecule has 1 amide bonds. The van der Waals surface area contributed by atoms with E-state index in [1.807, 2.05) is 10.7 Å². The molecule has 9 heteroatoms. The van der Waals surface area contributed by atoms with Gasteiger partial charge >= 0.3 is 5.97 Å². The highest BCUT2D eigenvalue weighted by Gasteiger charge is 2.24. The van der Waals surface area contributed by atoms with Crippen molar-refractivity contribution in [2.75, 3.05) is 6.54 Å². The van der Waals surface area contributed by atoms with Crippen molar-refractivity contribution in [3.63, 3.8) is 0 Å². The molecule has 0 atom stereocenters. The second-order valence-corrected chi connectivity index (χ2v) is 5.92. The minimum absolute atomic E-state index is 0.0364. The van der Waals surface area contributed by atoms with Crippen LogP contribution in [0, 0.1) is 6.92 Å². The smallest absolute Gasteiger partial charge is 0.303 e. The summed E-state index contributed by atoms with van der Waals surface area (Å²) in [5.74, 6) is -0.965. The molecule has 24 heavy (non-hydrogen) atoms. The fourth-order valence-corrected chi connectivity index (χ4v) is 2.84. The third kappa shape index (κ3) is 3.24. The Morgan fingerprint density at radius 3 is 2.79 bits per heavy atom. The Balaban J connectivity index is 1.67. The lowest BCUT2D eigenvalue weighted by Gasteiger charge is -2.27. The number of carbonyl (C=O) groups excluding carboxylic acids is 1. The Morgan fingerprint density at radius 1 is 1.33 bits per heavy atom. The Labute approximate surface area is 137 Å². The molecule has 9 nitrogen and oxygen atoms in total. The lowest BCUT2D eigenvalue weighted by Crippen LogP contribution is -2.39. The molecule has 0 bridgehead atoms. The van der Waals surface area contributed by atoms with Gasteiger partial charge in [0.15, 0.2) is 0 Å². The second kappa shape index (κ2) is 6.34. The maximum atomic E-state index is 12.5. The third-order valence-corrected chi connectivity index (χ3v) is 4.21. The normalized spacial score (nSPS) is 13.8. The van der Waals surface area contributed by atoms with Gasteiger partial charge in [-0.05, 0) is 13.0 Å². The van der Waals surface area contributed by atoms with Crippen LogP contribution in [0.4, 0.5) is 0 Å². The summed E-state index contributed by atoms with van der Waals surface area (Å²) in [6.45, 7) is 3.25. The van der Waals surface area contributed by atoms with E-state index in [0.29, 0.717) is 37.3 Å². The van der Waals surface area contributed by atoms with Crippen LogP contribution in [0.2, 0.25) is 0 Å². The van der Waals surface area contributed by atoms with Crippen molar-refractivity contribution in [3.05, 3.63) is 39.1 Å². The summed E-state index contributed by atoms with van der Waals surface area (Å²) < 4.78 is 1.81. The van der Waals surface area contributed by atoms with Crippen molar-refractivity contribution in [1.29, 1.82) is 0 Å². The van der Waals surface area contributed by atoms with Crippen molar-refractivity contribution < 1.29 is 14.7 Å². The summed E-state index contributed by atoms with van der Waals surface area (Å²) in [7, 11) is 0. The zero-order chi connectivity index (χ0) is 17.3. The van der Waals surface area contributed by atoms with Crippen LogP contribution in [-0.4, -0.2) is 48.4 Å². The number of aromatic nitrogens is 4. The summed E-state index contributed by atoms with van der Waals surface area (Å²) in [5, 5.41) is 18.3. The molecule has 2 aromatic rings. The van der Waals surface area contributed by atoms with Gasteiger partial charge in [-0.1, -0.05) is 0 Å². The minimum atomic E-state index is -0.857. The van der Waals surface area contributed by atoms with Gasteiger partial charge in [0, 0.05) is 24.2 Å². The first-order chi connectivity index (χ1) is 11.4. The molecule has 3 heterocycles. The number of carbonyl (C=O) groups is 2. The molecule has 0 fully saturated rings. The highest BCUT2D eigenvalue weighted by atomic mass is 16.4. The lowest BCUT2D eigenvalue weighted by molar-refractivity contribution is -0.137. The Morgan fingerprint density at radius 2 is 2.12 bits per heavy atom. The van der Waals surface area contributed by atoms with Crippen LogP contribution in [0.15, 0.2) is 10.9 Å². The summed E-state index contributed by atoms with van der Waals surface area (Å²) in [4.78, 5) is 36.5. The Kier molecular flexibility index (Phi) is 4.24. The predicted molar refractivity (Wildman–Crippen MR) is 83.5 cm³/mol. The van der Waals surface area contributed by atoms with Crippen molar-refractivity contribution >= 4 is 11.9 Å². The summed E-state index contributed by atoms with van der Waals surface area (Å²) >= 11 is 0. The molecule has 0 spiro atoms. The number of amides is 1. The number of H-pyrrole nitrogens is 2. The van der Waals surface area contributed by atoms with Gasteiger partial charge in [-0.2, -0.15) is 5.10 Å². The van der Waals surface area contributed by atoms with E-state index in [4.69, 9.17) is 5.11 Å². The number of hydrogen-bond acceptors (Lipinski definition) is 4. The standard InChI is InChI=1S/C15H19N5O4/c1-9-12(15(24)17-16-9)7-13(21)19-4-5-20-11(8-19)6-10(18-20)2-3-14(22)23/h6H,2-5,7-8H2,1H3,(H,22,23)(H2,16,17,24).